The van der Waals surface area contributed by atoms with E-state index < -0.39 is 24.2 Å². The first-order valence-electron chi connectivity index (χ1n) is 6.87. The Balaban J connectivity index is 1.97. The van der Waals surface area contributed by atoms with Gasteiger partial charge in [0.1, 0.15) is 12.4 Å². The number of Topliss-reactive ketones (excluding diaryl/α,β-unsaturated/α-hetero) is 2. The third kappa shape index (κ3) is 4.83. The summed E-state index contributed by atoms with van der Waals surface area (Å²) >= 11 is 5.99. The van der Waals surface area contributed by atoms with Gasteiger partial charge in [-0.1, -0.05) is 29.8 Å². The Morgan fingerprint density at radius 2 is 1.62 bits per heavy atom. The Hall–Kier alpha value is -2.34. The van der Waals surface area contributed by atoms with E-state index >= 15 is 0 Å². The lowest BCUT2D eigenvalue weighted by molar-refractivity contribution is -0.170. The summed E-state index contributed by atoms with van der Waals surface area (Å²) in [6.45, 7) is 0.208. The minimum atomic E-state index is -5.01. The van der Waals surface area contributed by atoms with Crippen LogP contribution in [-0.2, 0) is 11.4 Å². The van der Waals surface area contributed by atoms with Crippen LogP contribution in [0.3, 0.4) is 0 Å². The van der Waals surface area contributed by atoms with Gasteiger partial charge in [0.15, 0.2) is 5.78 Å². The Labute approximate surface area is 141 Å². The number of ether oxygens (including phenoxy) is 1. The van der Waals surface area contributed by atoms with Gasteiger partial charge in [-0.2, -0.15) is 13.2 Å². The van der Waals surface area contributed by atoms with E-state index in [-0.39, 0.29) is 12.2 Å². The van der Waals surface area contributed by atoms with Crippen LogP contribution >= 0.6 is 11.6 Å². The van der Waals surface area contributed by atoms with E-state index in [4.69, 9.17) is 16.3 Å². The Bertz CT molecular complexity index is 739. The maximum absolute atomic E-state index is 12.2. The van der Waals surface area contributed by atoms with Gasteiger partial charge in [-0.15, -0.1) is 0 Å². The monoisotopic (exact) mass is 356 g/mol. The molecule has 0 fully saturated rings. The first-order valence-corrected chi connectivity index (χ1v) is 7.24. The van der Waals surface area contributed by atoms with E-state index in [1.165, 1.54) is 24.3 Å². The first kappa shape index (κ1) is 18.0. The Kier molecular flexibility index (Phi) is 5.62. The number of rotatable bonds is 6. The van der Waals surface area contributed by atoms with E-state index in [1.54, 1.807) is 18.2 Å². The van der Waals surface area contributed by atoms with Crippen molar-refractivity contribution in [3.63, 3.8) is 0 Å². The van der Waals surface area contributed by atoms with Gasteiger partial charge >= 0.3 is 6.18 Å². The van der Waals surface area contributed by atoms with Gasteiger partial charge in [0.2, 0.25) is 5.78 Å². The molecule has 0 spiro atoms. The average Bonchev–Trinajstić information content (AvgIpc) is 2.53. The lowest BCUT2D eigenvalue weighted by Crippen LogP contribution is -2.25. The summed E-state index contributed by atoms with van der Waals surface area (Å²) in [5, 5.41) is 0.551. The predicted molar refractivity (Wildman–Crippen MR) is 82.2 cm³/mol. The van der Waals surface area contributed by atoms with Gasteiger partial charge in [-0.3, -0.25) is 9.59 Å². The first-order chi connectivity index (χ1) is 11.3. The third-order valence-electron chi connectivity index (χ3n) is 3.17. The molecule has 0 atom stereocenters. The fourth-order valence-electron chi connectivity index (χ4n) is 1.86. The molecule has 0 saturated carbocycles. The smallest absolute Gasteiger partial charge is 0.450 e. The summed E-state index contributed by atoms with van der Waals surface area (Å²) in [6.07, 6.45) is -6.21. The fourth-order valence-corrected chi connectivity index (χ4v) is 2.05. The van der Waals surface area contributed by atoms with Gasteiger partial charge in [-0.05, 0) is 30.3 Å². The molecule has 0 amide bonds. The van der Waals surface area contributed by atoms with E-state index in [2.05, 4.69) is 0 Å². The van der Waals surface area contributed by atoms with Crippen molar-refractivity contribution in [3.05, 3.63) is 64.7 Å². The Morgan fingerprint density at radius 1 is 1.00 bits per heavy atom. The summed E-state index contributed by atoms with van der Waals surface area (Å²) in [7, 11) is 0. The van der Waals surface area contributed by atoms with Gasteiger partial charge < -0.3 is 4.74 Å². The summed E-state index contributed by atoms with van der Waals surface area (Å²) in [5.74, 6) is -2.53. The fraction of sp³-hybridized carbons (Fsp3) is 0.176. The second-order valence-corrected chi connectivity index (χ2v) is 5.33. The molecule has 0 aliphatic carbocycles. The number of benzene rings is 2. The highest BCUT2D eigenvalue weighted by atomic mass is 35.5. The van der Waals surface area contributed by atoms with Crippen LogP contribution < -0.4 is 4.74 Å². The zero-order valence-electron chi connectivity index (χ0n) is 12.3. The maximum Gasteiger partial charge on any atom is 0.450 e. The molecule has 0 bridgehead atoms. The van der Waals surface area contributed by atoms with Crippen molar-refractivity contribution in [1.82, 2.24) is 0 Å². The molecule has 2 aromatic carbocycles. The van der Waals surface area contributed by atoms with E-state index in [0.29, 0.717) is 10.8 Å². The molecule has 0 radical (unpaired) electrons. The normalized spacial score (nSPS) is 11.2. The van der Waals surface area contributed by atoms with E-state index in [9.17, 15) is 22.8 Å². The third-order valence-corrected chi connectivity index (χ3v) is 3.53. The number of carbonyl (C=O) groups excluding carboxylic acids is 2. The van der Waals surface area contributed by atoms with Crippen molar-refractivity contribution >= 4 is 23.2 Å². The minimum Gasteiger partial charge on any atom is -0.489 e. The number of hydrogen-bond acceptors (Lipinski definition) is 3. The second-order valence-electron chi connectivity index (χ2n) is 4.93. The summed E-state index contributed by atoms with van der Waals surface area (Å²) in [6, 6.07) is 12.6. The molecule has 7 heteroatoms. The standard InChI is InChI=1S/C17H12ClF3O3/c18-14-4-2-1-3-12(14)10-24-13-7-5-11(6-8-13)15(22)9-16(23)17(19,20)21/h1-8H,9-10H2. The molecule has 0 aliphatic rings. The lowest BCUT2D eigenvalue weighted by Gasteiger charge is -2.08. The number of halogens is 4. The zero-order valence-corrected chi connectivity index (χ0v) is 13.0. The number of alkyl halides is 3. The average molecular weight is 357 g/mol. The molecule has 3 nitrogen and oxygen atoms in total. The van der Waals surface area contributed by atoms with Crippen LogP contribution in [0.4, 0.5) is 13.2 Å². The molecular weight excluding hydrogens is 345 g/mol. The molecular formula is C17H12ClF3O3. The quantitative estimate of drug-likeness (QED) is 0.560. The number of hydrogen-bond donors (Lipinski definition) is 0. The van der Waals surface area contributed by atoms with Crippen molar-refractivity contribution in [2.45, 2.75) is 19.2 Å². The second kappa shape index (κ2) is 7.49. The van der Waals surface area contributed by atoms with Crippen LogP contribution in [0.1, 0.15) is 22.3 Å². The van der Waals surface area contributed by atoms with Gasteiger partial charge in [0.25, 0.3) is 0 Å². The summed E-state index contributed by atoms with van der Waals surface area (Å²) < 4.78 is 42.0. The van der Waals surface area contributed by atoms with Gasteiger partial charge in [0, 0.05) is 16.1 Å². The largest absolute Gasteiger partial charge is 0.489 e. The van der Waals surface area contributed by atoms with Crippen LogP contribution in [0, 0.1) is 0 Å². The highest BCUT2D eigenvalue weighted by Gasteiger charge is 2.39. The molecule has 0 aromatic heterocycles. The van der Waals surface area contributed by atoms with E-state index in [1.807, 2.05) is 6.07 Å². The molecule has 0 aliphatic heterocycles. The molecule has 24 heavy (non-hydrogen) atoms. The number of carbonyl (C=O) groups is 2. The molecule has 0 heterocycles. The highest BCUT2D eigenvalue weighted by molar-refractivity contribution is 6.31. The van der Waals surface area contributed by atoms with Crippen molar-refractivity contribution < 1.29 is 27.5 Å². The maximum atomic E-state index is 12.2. The van der Waals surface area contributed by atoms with Crippen molar-refractivity contribution in [1.29, 1.82) is 0 Å². The highest BCUT2D eigenvalue weighted by Crippen LogP contribution is 2.21. The Morgan fingerprint density at radius 3 is 2.21 bits per heavy atom. The molecule has 126 valence electrons. The topological polar surface area (TPSA) is 43.4 Å². The SMILES string of the molecule is O=C(CC(=O)C(F)(F)F)c1ccc(OCc2ccccc2Cl)cc1. The van der Waals surface area contributed by atoms with Crippen molar-refractivity contribution in [2.75, 3.05) is 0 Å². The molecule has 2 rings (SSSR count). The minimum absolute atomic E-state index is 0.0118. The summed E-state index contributed by atoms with van der Waals surface area (Å²) in [4.78, 5) is 22.5. The zero-order chi connectivity index (χ0) is 17.7. The van der Waals surface area contributed by atoms with Crippen LogP contribution in [-0.4, -0.2) is 17.7 Å². The lowest BCUT2D eigenvalue weighted by atomic mass is 10.1. The van der Waals surface area contributed by atoms with Gasteiger partial charge in [0.05, 0.1) is 6.42 Å². The molecule has 0 N–H and O–H groups in total. The van der Waals surface area contributed by atoms with Gasteiger partial charge in [-0.25, -0.2) is 0 Å². The van der Waals surface area contributed by atoms with Crippen LogP contribution in [0.25, 0.3) is 0 Å². The molecule has 2 aromatic rings. The molecule has 0 saturated heterocycles. The van der Waals surface area contributed by atoms with Crippen molar-refractivity contribution in [2.24, 2.45) is 0 Å². The van der Waals surface area contributed by atoms with Crippen LogP contribution in [0.15, 0.2) is 48.5 Å². The van der Waals surface area contributed by atoms with E-state index in [0.717, 1.165) is 5.56 Å². The molecule has 0 unspecified atom stereocenters. The van der Waals surface area contributed by atoms with Crippen LogP contribution in [0.5, 0.6) is 5.75 Å². The number of ketones is 2. The predicted octanol–water partition coefficient (Wildman–Crippen LogP) is 4.62. The summed E-state index contributed by atoms with van der Waals surface area (Å²) in [5.41, 5.74) is 0.785. The van der Waals surface area contributed by atoms with Crippen LogP contribution in [0.2, 0.25) is 5.02 Å². The van der Waals surface area contributed by atoms with Crippen molar-refractivity contribution in [3.8, 4) is 5.75 Å².